The second-order valence-electron chi connectivity index (χ2n) is 5.10. The van der Waals surface area contributed by atoms with E-state index in [9.17, 15) is 0 Å². The van der Waals surface area contributed by atoms with Crippen molar-refractivity contribution < 1.29 is 0 Å². The third kappa shape index (κ3) is 0.738. The Kier molecular flexibility index (Phi) is 1.31. The quantitative estimate of drug-likeness (QED) is 0.616. The highest BCUT2D eigenvalue weighted by molar-refractivity contribution is 6.22. The predicted octanol–water partition coefficient (Wildman–Crippen LogP) is 3.27. The highest BCUT2D eigenvalue weighted by atomic mass is 35.5. The van der Waals surface area contributed by atoms with E-state index in [0.29, 0.717) is 5.38 Å². The van der Waals surface area contributed by atoms with Crippen LogP contribution in [0.25, 0.3) is 0 Å². The SMILES string of the molecule is Cl[C@H]1C2C3[C@@H]2C[C@@H]1[C@H]3c1ccccc1. The van der Waals surface area contributed by atoms with Crippen LogP contribution in [-0.4, -0.2) is 5.38 Å². The van der Waals surface area contributed by atoms with Gasteiger partial charge in [-0.05, 0) is 41.6 Å². The number of benzene rings is 1. The van der Waals surface area contributed by atoms with Crippen molar-refractivity contribution >= 4 is 11.6 Å². The molecule has 0 amide bonds. The lowest BCUT2D eigenvalue weighted by molar-refractivity contribution is 0.532. The van der Waals surface area contributed by atoms with E-state index >= 15 is 0 Å². The molecule has 14 heavy (non-hydrogen) atoms. The van der Waals surface area contributed by atoms with Crippen LogP contribution in [0.2, 0.25) is 0 Å². The minimum absolute atomic E-state index is 0.496. The molecule has 4 aliphatic rings. The maximum atomic E-state index is 6.44. The van der Waals surface area contributed by atoms with Gasteiger partial charge >= 0.3 is 0 Å². The Morgan fingerprint density at radius 1 is 1.00 bits per heavy atom. The summed E-state index contributed by atoms with van der Waals surface area (Å²) in [6.45, 7) is 0. The molecule has 4 fully saturated rings. The van der Waals surface area contributed by atoms with Gasteiger partial charge in [0.15, 0.2) is 0 Å². The van der Waals surface area contributed by atoms with E-state index in [4.69, 9.17) is 11.6 Å². The Bertz CT molecular complexity index is 372. The summed E-state index contributed by atoms with van der Waals surface area (Å²) in [6.07, 6.45) is 1.41. The van der Waals surface area contributed by atoms with Crippen LogP contribution in [0.3, 0.4) is 0 Å². The van der Waals surface area contributed by atoms with Crippen molar-refractivity contribution in [1.82, 2.24) is 0 Å². The minimum atomic E-state index is 0.496. The van der Waals surface area contributed by atoms with Crippen LogP contribution >= 0.6 is 11.6 Å². The molecule has 0 aromatic heterocycles. The van der Waals surface area contributed by atoms with Crippen molar-refractivity contribution in [3.05, 3.63) is 35.9 Å². The summed E-state index contributed by atoms with van der Waals surface area (Å²) in [4.78, 5) is 0. The summed E-state index contributed by atoms with van der Waals surface area (Å²) in [5.41, 5.74) is 1.54. The third-order valence-electron chi connectivity index (χ3n) is 4.67. The average molecular weight is 205 g/mol. The van der Waals surface area contributed by atoms with Gasteiger partial charge in [0.25, 0.3) is 0 Å². The van der Waals surface area contributed by atoms with E-state index in [0.717, 1.165) is 29.6 Å². The monoisotopic (exact) mass is 204 g/mol. The lowest BCUT2D eigenvalue weighted by Gasteiger charge is -2.16. The number of rotatable bonds is 1. The van der Waals surface area contributed by atoms with Crippen molar-refractivity contribution in [1.29, 1.82) is 0 Å². The zero-order valence-corrected chi connectivity index (χ0v) is 8.69. The van der Waals surface area contributed by atoms with E-state index in [1.165, 1.54) is 12.0 Å². The second kappa shape index (κ2) is 2.36. The van der Waals surface area contributed by atoms with Crippen molar-refractivity contribution in [2.45, 2.75) is 17.7 Å². The maximum absolute atomic E-state index is 6.44. The lowest BCUT2D eigenvalue weighted by Crippen LogP contribution is -2.09. The molecule has 2 unspecified atom stereocenters. The van der Waals surface area contributed by atoms with Crippen LogP contribution in [0.5, 0.6) is 0 Å². The smallest absolute Gasteiger partial charge is 0.0404 e. The van der Waals surface area contributed by atoms with Crippen molar-refractivity contribution in [3.63, 3.8) is 0 Å². The first kappa shape index (κ1) is 7.76. The van der Waals surface area contributed by atoms with E-state index in [1.807, 2.05) is 0 Å². The molecule has 4 aliphatic carbocycles. The van der Waals surface area contributed by atoms with Gasteiger partial charge in [-0.2, -0.15) is 0 Å². The van der Waals surface area contributed by atoms with E-state index in [2.05, 4.69) is 30.3 Å². The molecule has 1 aromatic rings. The predicted molar refractivity (Wildman–Crippen MR) is 57.4 cm³/mol. The normalized spacial score (nSPS) is 52.4. The third-order valence-corrected chi connectivity index (χ3v) is 5.29. The van der Waals surface area contributed by atoms with Crippen LogP contribution < -0.4 is 0 Å². The van der Waals surface area contributed by atoms with Gasteiger partial charge in [0.05, 0.1) is 0 Å². The van der Waals surface area contributed by atoms with Gasteiger partial charge in [-0.25, -0.2) is 0 Å². The second-order valence-corrected chi connectivity index (χ2v) is 5.60. The van der Waals surface area contributed by atoms with E-state index < -0.39 is 0 Å². The average Bonchev–Trinajstić information content (AvgIpc) is 2.55. The largest absolute Gasteiger partial charge is 0.122 e. The van der Waals surface area contributed by atoms with Crippen LogP contribution in [0, 0.1) is 23.7 Å². The fourth-order valence-electron chi connectivity index (χ4n) is 4.20. The van der Waals surface area contributed by atoms with Crippen molar-refractivity contribution in [2.24, 2.45) is 23.7 Å². The number of hydrogen-bond acceptors (Lipinski definition) is 0. The summed E-state index contributed by atoms with van der Waals surface area (Å²) < 4.78 is 0. The molecule has 6 atom stereocenters. The maximum Gasteiger partial charge on any atom is 0.0404 e. The molecule has 0 heterocycles. The standard InChI is InChI=1S/C13H13Cl/c14-13-9-6-8-11(12(8)13)10(9)7-4-2-1-3-5-7/h1-5,8-13H,6H2/t8-,9+,10+,11?,12?,13+/m0/s1. The summed E-state index contributed by atoms with van der Waals surface area (Å²) in [6, 6.07) is 11.0. The number of hydrogen-bond donors (Lipinski definition) is 0. The zero-order valence-electron chi connectivity index (χ0n) is 7.94. The topological polar surface area (TPSA) is 0 Å². The van der Waals surface area contributed by atoms with Gasteiger partial charge in [0, 0.05) is 5.38 Å². The first-order valence-corrected chi connectivity index (χ1v) is 6.00. The molecule has 4 bridgehead atoms. The fourth-order valence-corrected chi connectivity index (χ4v) is 4.82. The summed E-state index contributed by atoms with van der Waals surface area (Å²) >= 11 is 6.44. The van der Waals surface area contributed by atoms with Crippen molar-refractivity contribution in [3.8, 4) is 0 Å². The Hall–Kier alpha value is -0.490. The van der Waals surface area contributed by atoms with Crippen molar-refractivity contribution in [2.75, 3.05) is 0 Å². The molecule has 0 spiro atoms. The Balaban J connectivity index is 1.76. The number of halogens is 1. The Labute approximate surface area is 89.3 Å². The summed E-state index contributed by atoms with van der Waals surface area (Å²) in [7, 11) is 0. The molecule has 5 rings (SSSR count). The highest BCUT2D eigenvalue weighted by Gasteiger charge is 2.73. The van der Waals surface area contributed by atoms with Crippen LogP contribution in [0.1, 0.15) is 17.9 Å². The molecule has 1 aromatic carbocycles. The van der Waals surface area contributed by atoms with Crippen LogP contribution in [0.4, 0.5) is 0 Å². The molecule has 72 valence electrons. The van der Waals surface area contributed by atoms with Gasteiger partial charge < -0.3 is 0 Å². The molecule has 0 saturated heterocycles. The van der Waals surface area contributed by atoms with E-state index in [1.54, 1.807) is 0 Å². The molecule has 4 saturated carbocycles. The molecule has 1 heteroatoms. The summed E-state index contributed by atoms with van der Waals surface area (Å²) in [5, 5.41) is 0.496. The lowest BCUT2D eigenvalue weighted by atomic mass is 9.90. The zero-order chi connectivity index (χ0) is 9.28. The first-order chi connectivity index (χ1) is 6.88. The van der Waals surface area contributed by atoms with Crippen LogP contribution in [-0.2, 0) is 0 Å². The molecule has 0 radical (unpaired) electrons. The Morgan fingerprint density at radius 2 is 1.79 bits per heavy atom. The van der Waals surface area contributed by atoms with Gasteiger partial charge in [-0.3, -0.25) is 0 Å². The molecule has 0 N–H and O–H groups in total. The van der Waals surface area contributed by atoms with Gasteiger partial charge in [0.1, 0.15) is 0 Å². The minimum Gasteiger partial charge on any atom is -0.122 e. The molecular weight excluding hydrogens is 192 g/mol. The summed E-state index contributed by atoms with van der Waals surface area (Å²) in [5.74, 6) is 4.41. The van der Waals surface area contributed by atoms with Gasteiger partial charge in [-0.15, -0.1) is 11.6 Å². The van der Waals surface area contributed by atoms with E-state index in [-0.39, 0.29) is 0 Å². The van der Waals surface area contributed by atoms with Crippen LogP contribution in [0.15, 0.2) is 30.3 Å². The number of alkyl halides is 1. The molecular formula is C13H13Cl. The van der Waals surface area contributed by atoms with Gasteiger partial charge in [0.2, 0.25) is 0 Å². The first-order valence-electron chi connectivity index (χ1n) is 5.57. The fraction of sp³-hybridized carbons (Fsp3) is 0.538. The van der Waals surface area contributed by atoms with Gasteiger partial charge in [-0.1, -0.05) is 30.3 Å². The molecule has 0 aliphatic heterocycles. The highest BCUT2D eigenvalue weighted by Crippen LogP contribution is 2.77. The Morgan fingerprint density at radius 3 is 2.29 bits per heavy atom. The molecule has 0 nitrogen and oxygen atoms in total.